The molecule has 2 rings (SSSR count). The van der Waals surface area contributed by atoms with Gasteiger partial charge in [0.1, 0.15) is 5.75 Å². The average molecular weight is 302 g/mol. The molecule has 1 N–H and O–H groups in total. The maximum absolute atomic E-state index is 12.7. The minimum absolute atomic E-state index is 0.247. The molecule has 2 aromatic rings. The van der Waals surface area contributed by atoms with Gasteiger partial charge in [0.2, 0.25) is 4.77 Å². The van der Waals surface area contributed by atoms with Crippen molar-refractivity contribution in [3.8, 4) is 5.75 Å². The number of para-hydroxylation sites is 1. The van der Waals surface area contributed by atoms with Gasteiger partial charge < -0.3 is 4.74 Å². The fourth-order valence-electron chi connectivity index (χ4n) is 1.48. The molecule has 1 heterocycles. The molecule has 9 heteroatoms. The summed E-state index contributed by atoms with van der Waals surface area (Å²) in [6.45, 7) is 0. The molecule has 0 saturated carbocycles. The van der Waals surface area contributed by atoms with Gasteiger partial charge in [-0.1, -0.05) is 12.1 Å². The largest absolute Gasteiger partial charge is 0.496 e. The van der Waals surface area contributed by atoms with E-state index in [1.807, 2.05) is 0 Å². The molecule has 0 bridgehead atoms. The number of halogens is 3. The van der Waals surface area contributed by atoms with Gasteiger partial charge in [0, 0.05) is 5.56 Å². The van der Waals surface area contributed by atoms with Gasteiger partial charge in [0.25, 0.3) is 5.82 Å². The lowest BCUT2D eigenvalue weighted by atomic mass is 10.2. The number of H-pyrrole nitrogens is 1. The molecular weight excluding hydrogens is 293 g/mol. The maximum Gasteiger partial charge on any atom is 0.453 e. The van der Waals surface area contributed by atoms with Crippen LogP contribution in [0.25, 0.3) is 0 Å². The Bertz CT molecular complexity index is 689. The highest BCUT2D eigenvalue weighted by Gasteiger charge is 2.37. The van der Waals surface area contributed by atoms with Crippen LogP contribution in [0.15, 0.2) is 29.4 Å². The Hall–Kier alpha value is -2.16. The molecule has 0 aliphatic carbocycles. The molecule has 0 atom stereocenters. The third kappa shape index (κ3) is 2.87. The molecule has 0 unspecified atom stereocenters. The quantitative estimate of drug-likeness (QED) is 0.700. The van der Waals surface area contributed by atoms with E-state index in [9.17, 15) is 13.2 Å². The first-order chi connectivity index (χ1) is 9.43. The Morgan fingerprint density at radius 2 is 2.10 bits per heavy atom. The van der Waals surface area contributed by atoms with E-state index in [1.165, 1.54) is 13.3 Å². The van der Waals surface area contributed by atoms with Gasteiger partial charge in [-0.3, -0.25) is 0 Å². The number of methoxy groups -OCH3 is 1. The van der Waals surface area contributed by atoms with Crippen LogP contribution in [-0.2, 0) is 6.18 Å². The van der Waals surface area contributed by atoms with Crippen LogP contribution in [0, 0.1) is 4.77 Å². The molecule has 0 fully saturated rings. The maximum atomic E-state index is 12.7. The van der Waals surface area contributed by atoms with Crippen LogP contribution in [0.4, 0.5) is 13.2 Å². The Morgan fingerprint density at radius 3 is 2.75 bits per heavy atom. The molecule has 0 spiro atoms. The number of aromatic nitrogens is 3. The highest BCUT2D eigenvalue weighted by molar-refractivity contribution is 7.71. The Balaban J connectivity index is 2.42. The third-order valence-corrected chi connectivity index (χ3v) is 2.62. The van der Waals surface area contributed by atoms with E-state index >= 15 is 0 Å². The second kappa shape index (κ2) is 5.45. The van der Waals surface area contributed by atoms with Crippen molar-refractivity contribution in [2.45, 2.75) is 6.18 Å². The first-order valence-electron chi connectivity index (χ1n) is 5.35. The molecular formula is C11H9F3N4OS. The molecule has 0 saturated heterocycles. The summed E-state index contributed by atoms with van der Waals surface area (Å²) >= 11 is 4.72. The lowest BCUT2D eigenvalue weighted by molar-refractivity contribution is -0.147. The van der Waals surface area contributed by atoms with E-state index in [4.69, 9.17) is 17.0 Å². The average Bonchev–Trinajstić information content (AvgIpc) is 2.78. The van der Waals surface area contributed by atoms with Crippen LogP contribution in [0.2, 0.25) is 0 Å². The van der Waals surface area contributed by atoms with Gasteiger partial charge in [0.15, 0.2) is 0 Å². The summed E-state index contributed by atoms with van der Waals surface area (Å²) in [7, 11) is 1.46. The van der Waals surface area contributed by atoms with Crippen molar-refractivity contribution in [2.75, 3.05) is 7.11 Å². The third-order valence-electron chi connectivity index (χ3n) is 2.36. The number of hydrogen-bond acceptors (Lipinski definition) is 4. The Kier molecular flexibility index (Phi) is 3.89. The summed E-state index contributed by atoms with van der Waals surface area (Å²) in [6, 6.07) is 6.77. The van der Waals surface area contributed by atoms with Crippen LogP contribution >= 0.6 is 12.2 Å². The van der Waals surface area contributed by atoms with Gasteiger partial charge in [-0.05, 0) is 24.4 Å². The zero-order valence-corrected chi connectivity index (χ0v) is 11.0. The van der Waals surface area contributed by atoms with Gasteiger partial charge in [-0.15, -0.1) is 5.10 Å². The fourth-order valence-corrected chi connectivity index (χ4v) is 1.65. The minimum atomic E-state index is -4.65. The minimum Gasteiger partial charge on any atom is -0.496 e. The number of ether oxygens (including phenoxy) is 1. The number of hydrogen-bond donors (Lipinski definition) is 1. The summed E-state index contributed by atoms with van der Waals surface area (Å²) in [6.07, 6.45) is -3.43. The van der Waals surface area contributed by atoms with Crippen molar-refractivity contribution in [1.29, 1.82) is 0 Å². The first-order valence-corrected chi connectivity index (χ1v) is 5.76. The molecule has 0 radical (unpaired) electrons. The Morgan fingerprint density at radius 1 is 1.40 bits per heavy atom. The van der Waals surface area contributed by atoms with Crippen LogP contribution in [0.1, 0.15) is 11.4 Å². The van der Waals surface area contributed by atoms with Crippen LogP contribution < -0.4 is 4.74 Å². The van der Waals surface area contributed by atoms with Gasteiger partial charge in [-0.25, -0.2) is 5.10 Å². The van der Waals surface area contributed by atoms with Crippen molar-refractivity contribution >= 4 is 18.4 Å². The summed E-state index contributed by atoms with van der Waals surface area (Å²) in [5.74, 6) is -0.728. The lowest BCUT2D eigenvalue weighted by Crippen LogP contribution is -2.12. The van der Waals surface area contributed by atoms with Crippen LogP contribution in [0.5, 0.6) is 5.75 Å². The second-order valence-corrected chi connectivity index (χ2v) is 4.04. The second-order valence-electron chi connectivity index (χ2n) is 3.65. The number of nitrogens with one attached hydrogen (secondary N) is 1. The topological polar surface area (TPSA) is 55.2 Å². The smallest absolute Gasteiger partial charge is 0.453 e. The fraction of sp³-hybridized carbons (Fsp3) is 0.182. The van der Waals surface area contributed by atoms with E-state index < -0.39 is 12.0 Å². The number of aromatic amines is 1. The van der Waals surface area contributed by atoms with Crippen molar-refractivity contribution in [1.82, 2.24) is 14.9 Å². The van der Waals surface area contributed by atoms with E-state index in [0.29, 0.717) is 16.0 Å². The number of rotatable bonds is 3. The summed E-state index contributed by atoms with van der Waals surface area (Å²) < 4.78 is 43.4. The van der Waals surface area contributed by atoms with E-state index in [0.717, 1.165) is 0 Å². The van der Waals surface area contributed by atoms with Crippen molar-refractivity contribution in [3.05, 3.63) is 40.4 Å². The standard InChI is InChI=1S/C11H9F3N4OS/c1-19-8-5-3-2-4-7(8)6-15-18-9(11(12,13)14)16-17-10(18)20/h2-6H,1H3,(H,17,20)/b15-6+. The van der Waals surface area contributed by atoms with E-state index in [2.05, 4.69) is 15.3 Å². The van der Waals surface area contributed by atoms with Crippen molar-refractivity contribution in [3.63, 3.8) is 0 Å². The van der Waals surface area contributed by atoms with E-state index in [1.54, 1.807) is 24.3 Å². The SMILES string of the molecule is COc1ccccc1/C=N/n1c(C(F)(F)F)n[nH]c1=S. The summed E-state index contributed by atoms with van der Waals surface area (Å²) in [5, 5.41) is 8.88. The zero-order chi connectivity index (χ0) is 14.8. The van der Waals surface area contributed by atoms with Crippen molar-refractivity contribution < 1.29 is 17.9 Å². The molecule has 0 amide bonds. The number of alkyl halides is 3. The first kappa shape index (κ1) is 14.3. The van der Waals surface area contributed by atoms with Crippen LogP contribution in [0.3, 0.4) is 0 Å². The van der Waals surface area contributed by atoms with Gasteiger partial charge >= 0.3 is 6.18 Å². The predicted octanol–water partition coefficient (Wildman–Crippen LogP) is 2.85. The van der Waals surface area contributed by atoms with Crippen LogP contribution in [-0.4, -0.2) is 28.2 Å². The molecule has 1 aromatic heterocycles. The molecule has 0 aliphatic rings. The monoisotopic (exact) mass is 302 g/mol. The van der Waals surface area contributed by atoms with Gasteiger partial charge in [-0.2, -0.15) is 22.9 Å². The number of nitrogens with zero attached hydrogens (tertiary/aromatic N) is 3. The highest BCUT2D eigenvalue weighted by atomic mass is 32.1. The molecule has 106 valence electrons. The molecule has 0 aliphatic heterocycles. The molecule has 1 aromatic carbocycles. The van der Waals surface area contributed by atoms with Crippen molar-refractivity contribution in [2.24, 2.45) is 5.10 Å². The summed E-state index contributed by atoms with van der Waals surface area (Å²) in [4.78, 5) is 0. The molecule has 5 nitrogen and oxygen atoms in total. The Labute approximate surface area is 116 Å². The zero-order valence-electron chi connectivity index (χ0n) is 10.2. The molecule has 20 heavy (non-hydrogen) atoms. The number of benzene rings is 1. The highest BCUT2D eigenvalue weighted by Crippen LogP contribution is 2.27. The predicted molar refractivity (Wildman–Crippen MR) is 68.4 cm³/mol. The van der Waals surface area contributed by atoms with Gasteiger partial charge in [0.05, 0.1) is 13.3 Å². The normalized spacial score (nSPS) is 12.0. The lowest BCUT2D eigenvalue weighted by Gasteiger charge is -2.05. The van der Waals surface area contributed by atoms with E-state index in [-0.39, 0.29) is 4.77 Å². The summed E-state index contributed by atoms with van der Waals surface area (Å²) in [5.41, 5.74) is 0.520.